The lowest BCUT2D eigenvalue weighted by atomic mass is 10.2. The predicted octanol–water partition coefficient (Wildman–Crippen LogP) is 4.95. The lowest BCUT2D eigenvalue weighted by Crippen LogP contribution is -2.12. The van der Waals surface area contributed by atoms with Crippen LogP contribution in [0.2, 0.25) is 0 Å². The average molecular weight is 444 g/mol. The summed E-state index contributed by atoms with van der Waals surface area (Å²) in [6, 6.07) is 20.3. The molecule has 0 unspecified atom stereocenters. The summed E-state index contributed by atoms with van der Waals surface area (Å²) < 4.78 is 55.4. The first-order valence-electron chi connectivity index (χ1n) is 9.03. The zero-order chi connectivity index (χ0) is 22.3. The van der Waals surface area contributed by atoms with Crippen LogP contribution in [0.4, 0.5) is 20.2 Å². The maximum atomic E-state index is 12.3. The number of ether oxygens (including phenoxy) is 1. The second-order valence-corrected chi connectivity index (χ2v) is 7.86. The van der Waals surface area contributed by atoms with Gasteiger partial charge in [-0.15, -0.1) is 0 Å². The zero-order valence-electron chi connectivity index (χ0n) is 16.0. The van der Waals surface area contributed by atoms with Crippen molar-refractivity contribution < 1.29 is 26.7 Å². The van der Waals surface area contributed by atoms with Crippen molar-refractivity contribution in [1.29, 1.82) is 0 Å². The van der Waals surface area contributed by atoms with E-state index in [4.69, 9.17) is 0 Å². The van der Waals surface area contributed by atoms with Gasteiger partial charge in [0.05, 0.1) is 5.41 Å². The molecule has 1 amide bonds. The van der Waals surface area contributed by atoms with Crippen LogP contribution in [-0.4, -0.2) is 20.9 Å². The van der Waals surface area contributed by atoms with Crippen LogP contribution in [0.3, 0.4) is 0 Å². The third-order valence-electron chi connectivity index (χ3n) is 3.98. The molecular weight excluding hydrogens is 426 g/mol. The normalized spacial score (nSPS) is 11.5. The quantitative estimate of drug-likeness (QED) is 0.515. The number of hydrogen-bond donors (Lipinski definition) is 2. The highest BCUT2D eigenvalue weighted by molar-refractivity contribution is 7.95. The Morgan fingerprint density at radius 3 is 2.10 bits per heavy atom. The predicted molar refractivity (Wildman–Crippen MR) is 115 cm³/mol. The van der Waals surface area contributed by atoms with Gasteiger partial charge in [0.15, 0.2) is 0 Å². The molecule has 160 valence electrons. The fourth-order valence-electron chi connectivity index (χ4n) is 2.54. The van der Waals surface area contributed by atoms with E-state index in [1.165, 1.54) is 54.6 Å². The Morgan fingerprint density at radius 2 is 1.48 bits per heavy atom. The highest BCUT2D eigenvalue weighted by Crippen LogP contribution is 2.19. The molecule has 9 heteroatoms. The summed E-state index contributed by atoms with van der Waals surface area (Å²) >= 11 is 0. The molecule has 0 spiro atoms. The Morgan fingerprint density at radius 1 is 0.871 bits per heavy atom. The van der Waals surface area contributed by atoms with Crippen LogP contribution >= 0.6 is 0 Å². The van der Waals surface area contributed by atoms with Gasteiger partial charge in [0.25, 0.3) is 15.9 Å². The van der Waals surface area contributed by atoms with E-state index in [2.05, 4.69) is 14.8 Å². The van der Waals surface area contributed by atoms with Crippen molar-refractivity contribution in [3.8, 4) is 5.75 Å². The first kappa shape index (κ1) is 22.0. The number of halogens is 2. The summed E-state index contributed by atoms with van der Waals surface area (Å²) in [5.74, 6) is -0.466. The molecule has 0 aliphatic rings. The van der Waals surface area contributed by atoms with E-state index in [-0.39, 0.29) is 11.3 Å². The smallest absolute Gasteiger partial charge is 0.387 e. The molecule has 0 saturated carbocycles. The Bertz CT molecular complexity index is 1150. The molecule has 2 N–H and O–H groups in total. The van der Waals surface area contributed by atoms with E-state index >= 15 is 0 Å². The summed E-state index contributed by atoms with van der Waals surface area (Å²) in [6.07, 6.45) is 1.47. The maximum Gasteiger partial charge on any atom is 0.387 e. The number of sulfonamides is 1. The monoisotopic (exact) mass is 444 g/mol. The molecule has 3 aromatic carbocycles. The Kier molecular flexibility index (Phi) is 6.99. The second-order valence-electron chi connectivity index (χ2n) is 6.29. The molecule has 3 aromatic rings. The molecule has 3 rings (SSSR count). The molecule has 0 heterocycles. The Balaban J connectivity index is 1.60. The minimum absolute atomic E-state index is 0.0223. The van der Waals surface area contributed by atoms with Gasteiger partial charge in [0.2, 0.25) is 0 Å². The number of anilines is 2. The third kappa shape index (κ3) is 6.93. The molecule has 6 nitrogen and oxygen atoms in total. The first-order valence-corrected chi connectivity index (χ1v) is 10.6. The SMILES string of the molecule is O=C(Nc1ccc(OC(F)F)cc1)c1ccc(NS(=O)(=O)/C=C/c2ccccc2)cc1. The van der Waals surface area contributed by atoms with Crippen LogP contribution in [0.25, 0.3) is 6.08 Å². The van der Waals surface area contributed by atoms with Gasteiger partial charge < -0.3 is 10.1 Å². The van der Waals surface area contributed by atoms with Gasteiger partial charge in [-0.2, -0.15) is 8.78 Å². The molecule has 0 aliphatic heterocycles. The average Bonchev–Trinajstić information content (AvgIpc) is 2.74. The van der Waals surface area contributed by atoms with Crippen molar-refractivity contribution in [2.75, 3.05) is 10.0 Å². The number of rotatable bonds is 8. The van der Waals surface area contributed by atoms with E-state index in [9.17, 15) is 22.0 Å². The van der Waals surface area contributed by atoms with Gasteiger partial charge in [-0.3, -0.25) is 9.52 Å². The van der Waals surface area contributed by atoms with E-state index in [1.54, 1.807) is 24.3 Å². The maximum absolute atomic E-state index is 12.3. The summed E-state index contributed by atoms with van der Waals surface area (Å²) in [7, 11) is -3.72. The summed E-state index contributed by atoms with van der Waals surface area (Å²) in [6.45, 7) is -2.93. The molecule has 31 heavy (non-hydrogen) atoms. The molecule has 0 radical (unpaired) electrons. The van der Waals surface area contributed by atoms with E-state index in [1.807, 2.05) is 6.07 Å². The highest BCUT2D eigenvalue weighted by atomic mass is 32.2. The fourth-order valence-corrected chi connectivity index (χ4v) is 3.41. The van der Waals surface area contributed by atoms with Gasteiger partial charge in [0.1, 0.15) is 5.75 Å². The Hall–Kier alpha value is -3.72. The van der Waals surface area contributed by atoms with Gasteiger partial charge in [-0.05, 0) is 60.2 Å². The number of amides is 1. The fraction of sp³-hybridized carbons (Fsp3) is 0.0455. The number of alkyl halides is 2. The van der Waals surface area contributed by atoms with E-state index in [0.29, 0.717) is 11.4 Å². The third-order valence-corrected chi connectivity index (χ3v) is 5.00. The minimum atomic E-state index is -3.72. The van der Waals surface area contributed by atoms with Crippen LogP contribution in [0.5, 0.6) is 5.75 Å². The standard InChI is InChI=1S/C22H18F2N2O4S/c23-22(24)30-20-12-10-18(11-13-20)25-21(27)17-6-8-19(9-7-17)26-31(28,29)15-14-16-4-2-1-3-5-16/h1-15,22,26H,(H,25,27)/b15-14+. The largest absolute Gasteiger partial charge is 0.435 e. The lowest BCUT2D eigenvalue weighted by Gasteiger charge is -2.09. The van der Waals surface area contributed by atoms with Crippen LogP contribution in [-0.2, 0) is 10.0 Å². The molecule has 0 fully saturated rings. The van der Waals surface area contributed by atoms with Crippen LogP contribution in [0.15, 0.2) is 84.3 Å². The first-order chi connectivity index (χ1) is 14.8. The van der Waals surface area contributed by atoms with Gasteiger partial charge in [-0.25, -0.2) is 8.42 Å². The number of hydrogen-bond acceptors (Lipinski definition) is 4. The number of carbonyl (C=O) groups excluding carboxylic acids is 1. The minimum Gasteiger partial charge on any atom is -0.435 e. The molecule has 0 saturated heterocycles. The van der Waals surface area contributed by atoms with Crippen molar-refractivity contribution in [1.82, 2.24) is 0 Å². The summed E-state index contributed by atoms with van der Waals surface area (Å²) in [5, 5.41) is 3.67. The second kappa shape index (κ2) is 9.86. The molecular formula is C22H18F2N2O4S. The van der Waals surface area contributed by atoms with Crippen molar-refractivity contribution >= 4 is 33.4 Å². The topological polar surface area (TPSA) is 84.5 Å². The molecule has 0 atom stereocenters. The number of carbonyl (C=O) groups is 1. The van der Waals surface area contributed by atoms with Crippen LogP contribution < -0.4 is 14.8 Å². The van der Waals surface area contributed by atoms with E-state index < -0.39 is 22.5 Å². The van der Waals surface area contributed by atoms with E-state index in [0.717, 1.165) is 11.0 Å². The van der Waals surface area contributed by atoms with Crippen molar-refractivity contribution in [3.63, 3.8) is 0 Å². The molecule has 0 aromatic heterocycles. The van der Waals surface area contributed by atoms with Gasteiger partial charge in [-0.1, -0.05) is 30.3 Å². The Labute approximate surface area is 178 Å². The zero-order valence-corrected chi connectivity index (χ0v) is 16.9. The van der Waals surface area contributed by atoms with Crippen LogP contribution in [0.1, 0.15) is 15.9 Å². The molecule has 0 bridgehead atoms. The lowest BCUT2D eigenvalue weighted by molar-refractivity contribution is -0.0498. The summed E-state index contributed by atoms with van der Waals surface area (Å²) in [5.41, 5.74) is 1.72. The van der Waals surface area contributed by atoms with Crippen molar-refractivity contribution in [2.45, 2.75) is 6.61 Å². The number of nitrogens with one attached hydrogen (secondary N) is 2. The van der Waals surface area contributed by atoms with Crippen molar-refractivity contribution in [2.24, 2.45) is 0 Å². The van der Waals surface area contributed by atoms with Crippen LogP contribution in [0, 0.1) is 0 Å². The number of benzene rings is 3. The molecule has 0 aliphatic carbocycles. The van der Waals surface area contributed by atoms with Crippen molar-refractivity contribution in [3.05, 3.63) is 95.4 Å². The van der Waals surface area contributed by atoms with Gasteiger partial charge >= 0.3 is 6.61 Å². The van der Waals surface area contributed by atoms with Gasteiger partial charge in [0, 0.05) is 16.9 Å². The highest BCUT2D eigenvalue weighted by Gasteiger charge is 2.10. The summed E-state index contributed by atoms with van der Waals surface area (Å²) in [4.78, 5) is 12.3.